The monoisotopic (exact) mass is 336 g/mol. The number of hydrogen-bond donors (Lipinski definition) is 1. The molecule has 0 saturated heterocycles. The first-order valence-corrected chi connectivity index (χ1v) is 7.83. The van der Waals surface area contributed by atoms with Crippen LogP contribution in [0, 0.1) is 0 Å². The number of benzene rings is 1. The number of fused-ring (bicyclic) bond motifs is 1. The van der Waals surface area contributed by atoms with E-state index in [4.69, 9.17) is 11.6 Å². The zero-order valence-electron chi connectivity index (χ0n) is 12.6. The average Bonchev–Trinajstić information content (AvgIpc) is 2.63. The highest BCUT2D eigenvalue weighted by atomic mass is 35.5. The Kier molecular flexibility index (Phi) is 3.63. The molecule has 1 atom stereocenters. The van der Waals surface area contributed by atoms with Crippen LogP contribution < -0.4 is 10.2 Å². The van der Waals surface area contributed by atoms with Gasteiger partial charge in [-0.05, 0) is 36.4 Å². The number of carbonyl (C=O) groups excluding carboxylic acids is 1. The van der Waals surface area contributed by atoms with Gasteiger partial charge in [-0.3, -0.25) is 14.7 Å². The maximum absolute atomic E-state index is 13.1. The molecule has 6 heteroatoms. The number of rotatable bonds is 2. The summed E-state index contributed by atoms with van der Waals surface area (Å²) in [5.41, 5.74) is 2.11. The maximum atomic E-state index is 13.1. The molecular formula is C18H13ClN4O. The van der Waals surface area contributed by atoms with E-state index in [2.05, 4.69) is 15.3 Å². The third kappa shape index (κ3) is 2.49. The molecule has 1 N–H and O–H groups in total. The second-order valence-electron chi connectivity index (χ2n) is 5.36. The Morgan fingerprint density at radius 1 is 1.00 bits per heavy atom. The lowest BCUT2D eigenvalue weighted by molar-refractivity contribution is 0.0973. The van der Waals surface area contributed by atoms with Gasteiger partial charge in [-0.2, -0.15) is 0 Å². The largest absolute Gasteiger partial charge is 0.359 e. The van der Waals surface area contributed by atoms with E-state index in [0.717, 1.165) is 11.4 Å². The lowest BCUT2D eigenvalue weighted by atomic mass is 10.1. The first kappa shape index (κ1) is 14.7. The lowest BCUT2D eigenvalue weighted by Gasteiger charge is -2.36. The number of amides is 1. The van der Waals surface area contributed by atoms with Crippen LogP contribution in [-0.2, 0) is 0 Å². The van der Waals surface area contributed by atoms with Crippen molar-refractivity contribution in [2.45, 2.75) is 6.17 Å². The third-order valence-corrected chi connectivity index (χ3v) is 4.08. The average molecular weight is 337 g/mol. The van der Waals surface area contributed by atoms with Crippen LogP contribution in [0.15, 0.2) is 67.0 Å². The van der Waals surface area contributed by atoms with Crippen molar-refractivity contribution < 1.29 is 4.79 Å². The van der Waals surface area contributed by atoms with Gasteiger partial charge < -0.3 is 5.32 Å². The molecular weight excluding hydrogens is 324 g/mol. The molecule has 118 valence electrons. The van der Waals surface area contributed by atoms with E-state index in [1.54, 1.807) is 29.3 Å². The van der Waals surface area contributed by atoms with Gasteiger partial charge in [-0.15, -0.1) is 0 Å². The van der Waals surface area contributed by atoms with Gasteiger partial charge in [0.1, 0.15) is 5.82 Å². The van der Waals surface area contributed by atoms with E-state index < -0.39 is 6.17 Å². The highest BCUT2D eigenvalue weighted by Crippen LogP contribution is 2.35. The summed E-state index contributed by atoms with van der Waals surface area (Å²) in [6, 6.07) is 16.5. The number of hydrogen-bond acceptors (Lipinski definition) is 4. The molecule has 5 nitrogen and oxygen atoms in total. The quantitative estimate of drug-likeness (QED) is 0.771. The van der Waals surface area contributed by atoms with Crippen LogP contribution in [0.5, 0.6) is 0 Å². The third-order valence-electron chi connectivity index (χ3n) is 3.85. The van der Waals surface area contributed by atoms with Crippen LogP contribution in [0.4, 0.5) is 11.5 Å². The summed E-state index contributed by atoms with van der Waals surface area (Å²) in [5, 5.41) is 3.90. The number of nitrogens with zero attached hydrogens (tertiary/aromatic N) is 3. The smallest absolute Gasteiger partial charge is 0.263 e. The van der Waals surface area contributed by atoms with Gasteiger partial charge in [-0.25, -0.2) is 4.98 Å². The predicted molar refractivity (Wildman–Crippen MR) is 93.1 cm³/mol. The number of anilines is 2. The lowest BCUT2D eigenvalue weighted by Crippen LogP contribution is -2.43. The molecule has 0 unspecified atom stereocenters. The molecule has 0 bridgehead atoms. The van der Waals surface area contributed by atoms with Gasteiger partial charge >= 0.3 is 0 Å². The minimum Gasteiger partial charge on any atom is -0.359 e. The maximum Gasteiger partial charge on any atom is 0.263 e. The van der Waals surface area contributed by atoms with Gasteiger partial charge in [0.25, 0.3) is 5.91 Å². The van der Waals surface area contributed by atoms with Gasteiger partial charge in [-0.1, -0.05) is 29.8 Å². The van der Waals surface area contributed by atoms with E-state index in [1.807, 2.05) is 36.4 Å². The fraction of sp³-hybridized carbons (Fsp3) is 0.0556. The molecule has 4 rings (SSSR count). The Morgan fingerprint density at radius 3 is 2.58 bits per heavy atom. The van der Waals surface area contributed by atoms with E-state index in [1.165, 1.54) is 6.20 Å². The summed E-state index contributed by atoms with van der Waals surface area (Å²) < 4.78 is 0. The Labute approximate surface area is 143 Å². The van der Waals surface area contributed by atoms with Crippen molar-refractivity contribution in [3.8, 4) is 0 Å². The Bertz CT molecular complexity index is 883. The number of aromatic nitrogens is 2. The van der Waals surface area contributed by atoms with Crippen molar-refractivity contribution >= 4 is 29.0 Å². The van der Waals surface area contributed by atoms with Crippen LogP contribution in [0.3, 0.4) is 0 Å². The number of carbonyl (C=O) groups is 1. The van der Waals surface area contributed by atoms with E-state index in [9.17, 15) is 4.79 Å². The molecule has 0 radical (unpaired) electrons. The summed E-state index contributed by atoms with van der Waals surface area (Å²) in [4.78, 5) is 23.4. The van der Waals surface area contributed by atoms with Gasteiger partial charge in [0, 0.05) is 18.1 Å². The van der Waals surface area contributed by atoms with Crippen LogP contribution in [0.1, 0.15) is 22.2 Å². The summed E-state index contributed by atoms with van der Waals surface area (Å²) in [6.07, 6.45) is 2.79. The predicted octanol–water partition coefficient (Wildman–Crippen LogP) is 3.90. The molecule has 0 saturated carbocycles. The molecule has 0 aliphatic carbocycles. The van der Waals surface area contributed by atoms with E-state index in [0.29, 0.717) is 16.4 Å². The molecule has 2 aromatic heterocycles. The highest BCUT2D eigenvalue weighted by Gasteiger charge is 2.35. The first-order chi connectivity index (χ1) is 11.7. The number of nitrogens with one attached hydrogen (secondary N) is 1. The molecule has 24 heavy (non-hydrogen) atoms. The normalized spacial score (nSPS) is 16.5. The van der Waals surface area contributed by atoms with Crippen LogP contribution >= 0.6 is 11.6 Å². The van der Waals surface area contributed by atoms with E-state index in [-0.39, 0.29) is 5.91 Å². The van der Waals surface area contributed by atoms with E-state index >= 15 is 0 Å². The SMILES string of the molecule is O=C1c2ccccc2N[C@H](c2ccccn2)N1c1ccc(Cl)cn1. The minimum absolute atomic E-state index is 0.130. The standard InChI is InChI=1S/C18H13ClN4O/c19-12-8-9-16(21-11-12)23-17(15-7-3-4-10-20-15)22-14-6-2-1-5-13(14)18(23)24/h1-11,17,22H/t17-/m0/s1. The topological polar surface area (TPSA) is 58.1 Å². The van der Waals surface area contributed by atoms with Crippen molar-refractivity contribution in [2.24, 2.45) is 0 Å². The fourth-order valence-electron chi connectivity index (χ4n) is 2.75. The zero-order chi connectivity index (χ0) is 16.5. The Hall–Kier alpha value is -2.92. The van der Waals surface area contributed by atoms with Crippen molar-refractivity contribution in [2.75, 3.05) is 10.2 Å². The van der Waals surface area contributed by atoms with Crippen LogP contribution in [-0.4, -0.2) is 15.9 Å². The van der Waals surface area contributed by atoms with Crippen molar-refractivity contribution in [3.05, 3.63) is 83.3 Å². The highest BCUT2D eigenvalue weighted by molar-refractivity contribution is 6.30. The van der Waals surface area contributed by atoms with Crippen LogP contribution in [0.25, 0.3) is 0 Å². The summed E-state index contributed by atoms with van der Waals surface area (Å²) in [7, 11) is 0. The van der Waals surface area contributed by atoms with Gasteiger partial charge in [0.2, 0.25) is 0 Å². The molecule has 3 aromatic rings. The molecule has 1 aliphatic heterocycles. The fourth-order valence-corrected chi connectivity index (χ4v) is 2.86. The number of halogens is 1. The summed E-state index contributed by atoms with van der Waals surface area (Å²) in [6.45, 7) is 0. The summed E-state index contributed by atoms with van der Waals surface area (Å²) >= 11 is 5.93. The summed E-state index contributed by atoms with van der Waals surface area (Å²) in [5.74, 6) is 0.386. The number of para-hydroxylation sites is 1. The van der Waals surface area contributed by atoms with Crippen molar-refractivity contribution in [1.29, 1.82) is 0 Å². The van der Waals surface area contributed by atoms with Gasteiger partial charge in [0.05, 0.1) is 16.3 Å². The molecule has 1 amide bonds. The molecule has 0 spiro atoms. The molecule has 0 fully saturated rings. The second-order valence-corrected chi connectivity index (χ2v) is 5.79. The molecule has 1 aromatic carbocycles. The number of pyridine rings is 2. The molecule has 1 aliphatic rings. The Morgan fingerprint density at radius 2 is 1.83 bits per heavy atom. The Balaban J connectivity index is 1.86. The van der Waals surface area contributed by atoms with Gasteiger partial charge in [0.15, 0.2) is 6.17 Å². The second kappa shape index (κ2) is 5.94. The van der Waals surface area contributed by atoms with Crippen molar-refractivity contribution in [1.82, 2.24) is 9.97 Å². The van der Waals surface area contributed by atoms with Crippen molar-refractivity contribution in [3.63, 3.8) is 0 Å². The first-order valence-electron chi connectivity index (χ1n) is 7.45. The minimum atomic E-state index is -0.442. The van der Waals surface area contributed by atoms with Crippen LogP contribution in [0.2, 0.25) is 5.02 Å². The zero-order valence-corrected chi connectivity index (χ0v) is 13.3. The molecule has 3 heterocycles.